The van der Waals surface area contributed by atoms with E-state index < -0.39 is 17.0 Å². The summed E-state index contributed by atoms with van der Waals surface area (Å²) in [6.45, 7) is 1.97. The maximum atomic E-state index is 14.1. The summed E-state index contributed by atoms with van der Waals surface area (Å²) < 4.78 is 29.8. The number of nitrogens with zero attached hydrogens (tertiary/aromatic N) is 2. The van der Waals surface area contributed by atoms with E-state index in [1.54, 1.807) is 24.9 Å². The number of nitrogens with one attached hydrogen (secondary N) is 1. The zero-order valence-electron chi connectivity index (χ0n) is 13.2. The first-order valence-electron chi connectivity index (χ1n) is 7.66. The molecule has 6 heteroatoms. The number of aromatic nitrogens is 2. The van der Waals surface area contributed by atoms with Gasteiger partial charge in [-0.1, -0.05) is 12.5 Å². The fourth-order valence-corrected chi connectivity index (χ4v) is 3.29. The third-order valence-corrected chi connectivity index (χ3v) is 4.65. The maximum Gasteiger partial charge on any atom is 0.254 e. The number of hydrogen-bond donors (Lipinski definition) is 1. The molecule has 3 rings (SSSR count). The lowest BCUT2D eigenvalue weighted by molar-refractivity contribution is 0.0924. The smallest absolute Gasteiger partial charge is 0.254 e. The van der Waals surface area contributed by atoms with E-state index in [1.807, 2.05) is 0 Å². The van der Waals surface area contributed by atoms with Gasteiger partial charge in [0.05, 0.1) is 11.3 Å². The molecule has 1 aromatic heterocycles. The molecule has 0 radical (unpaired) electrons. The van der Waals surface area contributed by atoms with E-state index in [0.717, 1.165) is 6.42 Å². The van der Waals surface area contributed by atoms with Gasteiger partial charge in [-0.2, -0.15) is 5.10 Å². The molecular weight excluding hydrogens is 300 g/mol. The summed E-state index contributed by atoms with van der Waals surface area (Å²) in [6.07, 6.45) is 3.87. The minimum absolute atomic E-state index is 0.0921. The fraction of sp³-hybridized carbons (Fsp3) is 0.412. The first-order valence-corrected chi connectivity index (χ1v) is 7.66. The van der Waals surface area contributed by atoms with Gasteiger partial charge in [-0.3, -0.25) is 9.48 Å². The minimum Gasteiger partial charge on any atom is -0.351 e. The van der Waals surface area contributed by atoms with Gasteiger partial charge in [-0.25, -0.2) is 8.78 Å². The van der Waals surface area contributed by atoms with E-state index in [2.05, 4.69) is 10.4 Å². The van der Waals surface area contributed by atoms with Gasteiger partial charge in [0, 0.05) is 30.8 Å². The molecule has 1 amide bonds. The molecule has 1 heterocycles. The summed E-state index contributed by atoms with van der Waals surface area (Å²) >= 11 is 0. The van der Waals surface area contributed by atoms with Crippen LogP contribution >= 0.6 is 0 Å². The first kappa shape index (κ1) is 15.6. The van der Waals surface area contributed by atoms with Crippen LogP contribution in [0.1, 0.15) is 40.9 Å². The van der Waals surface area contributed by atoms with Crippen LogP contribution in [0.3, 0.4) is 0 Å². The van der Waals surface area contributed by atoms with Crippen LogP contribution in [0.4, 0.5) is 8.78 Å². The van der Waals surface area contributed by atoms with Crippen LogP contribution in [-0.4, -0.2) is 22.2 Å². The SMILES string of the molecule is Cc1nn(C)cc1C(=O)NCC1(c2c(F)cccc2F)CCC1. The Hall–Kier alpha value is -2.24. The Balaban J connectivity index is 1.80. The van der Waals surface area contributed by atoms with Crippen molar-refractivity contribution in [2.45, 2.75) is 31.6 Å². The van der Waals surface area contributed by atoms with E-state index in [1.165, 1.54) is 18.2 Å². The Morgan fingerprint density at radius 2 is 2.00 bits per heavy atom. The minimum atomic E-state index is -0.652. The molecule has 122 valence electrons. The molecule has 0 spiro atoms. The molecule has 1 aliphatic carbocycles. The molecule has 0 aliphatic heterocycles. The zero-order chi connectivity index (χ0) is 16.6. The lowest BCUT2D eigenvalue weighted by atomic mass is 9.64. The second-order valence-electron chi connectivity index (χ2n) is 6.22. The molecule has 4 nitrogen and oxygen atoms in total. The van der Waals surface area contributed by atoms with Crippen molar-refractivity contribution in [3.05, 3.63) is 52.9 Å². The zero-order valence-corrected chi connectivity index (χ0v) is 13.2. The van der Waals surface area contributed by atoms with E-state index in [4.69, 9.17) is 0 Å². The highest BCUT2D eigenvalue weighted by Gasteiger charge is 2.42. The third-order valence-electron chi connectivity index (χ3n) is 4.65. The van der Waals surface area contributed by atoms with Gasteiger partial charge in [-0.15, -0.1) is 0 Å². The molecule has 2 aromatic rings. The van der Waals surface area contributed by atoms with Gasteiger partial charge < -0.3 is 5.32 Å². The predicted octanol–water partition coefficient (Wildman–Crippen LogP) is 2.86. The Kier molecular flexibility index (Phi) is 3.92. The summed E-state index contributed by atoms with van der Waals surface area (Å²) in [5.41, 5.74) is 0.552. The van der Waals surface area contributed by atoms with E-state index in [9.17, 15) is 13.6 Å². The largest absolute Gasteiger partial charge is 0.351 e. The Morgan fingerprint density at radius 1 is 1.35 bits per heavy atom. The highest BCUT2D eigenvalue weighted by Crippen LogP contribution is 2.45. The average Bonchev–Trinajstić information content (AvgIpc) is 2.79. The van der Waals surface area contributed by atoms with E-state index >= 15 is 0 Å². The number of carbonyl (C=O) groups is 1. The Labute approximate surface area is 133 Å². The molecule has 0 saturated heterocycles. The molecule has 1 fully saturated rings. The molecule has 1 N–H and O–H groups in total. The Morgan fingerprint density at radius 3 is 2.48 bits per heavy atom. The first-order chi connectivity index (χ1) is 10.9. The van der Waals surface area contributed by atoms with Crippen molar-refractivity contribution < 1.29 is 13.6 Å². The normalized spacial score (nSPS) is 16.0. The van der Waals surface area contributed by atoms with Gasteiger partial charge in [-0.05, 0) is 31.9 Å². The van der Waals surface area contributed by atoms with Crippen LogP contribution < -0.4 is 5.32 Å². The van der Waals surface area contributed by atoms with Crippen molar-refractivity contribution in [3.63, 3.8) is 0 Å². The van der Waals surface area contributed by atoms with Gasteiger partial charge in [0.2, 0.25) is 0 Å². The lowest BCUT2D eigenvalue weighted by Crippen LogP contribution is -2.46. The summed E-state index contributed by atoms with van der Waals surface area (Å²) in [4.78, 5) is 12.3. The number of benzene rings is 1. The van der Waals surface area contributed by atoms with Gasteiger partial charge in [0.15, 0.2) is 0 Å². The fourth-order valence-electron chi connectivity index (χ4n) is 3.29. The maximum absolute atomic E-state index is 14.1. The van der Waals surface area contributed by atoms with Gasteiger partial charge >= 0.3 is 0 Å². The molecule has 0 unspecified atom stereocenters. The lowest BCUT2D eigenvalue weighted by Gasteiger charge is -2.42. The topological polar surface area (TPSA) is 46.9 Å². The Bertz CT molecular complexity index is 730. The van der Waals surface area contributed by atoms with Crippen LogP contribution in [0.25, 0.3) is 0 Å². The number of hydrogen-bond acceptors (Lipinski definition) is 2. The summed E-state index contributed by atoms with van der Waals surface area (Å²) in [6, 6.07) is 3.90. The highest BCUT2D eigenvalue weighted by molar-refractivity contribution is 5.95. The number of halogens is 2. The summed E-state index contributed by atoms with van der Waals surface area (Å²) in [5, 5.41) is 6.96. The predicted molar refractivity (Wildman–Crippen MR) is 82.2 cm³/mol. The van der Waals surface area contributed by atoms with Crippen molar-refractivity contribution in [1.82, 2.24) is 15.1 Å². The molecular formula is C17H19F2N3O. The average molecular weight is 319 g/mol. The second kappa shape index (κ2) is 5.76. The quantitative estimate of drug-likeness (QED) is 0.942. The van der Waals surface area contributed by atoms with Crippen molar-refractivity contribution in [1.29, 1.82) is 0 Å². The number of aryl methyl sites for hydroxylation is 2. The second-order valence-corrected chi connectivity index (χ2v) is 6.22. The van der Waals surface area contributed by atoms with Gasteiger partial charge in [0.1, 0.15) is 11.6 Å². The number of carbonyl (C=O) groups excluding carboxylic acids is 1. The van der Waals surface area contributed by atoms with Crippen molar-refractivity contribution in [2.24, 2.45) is 7.05 Å². The van der Waals surface area contributed by atoms with Crippen LogP contribution in [-0.2, 0) is 12.5 Å². The molecule has 23 heavy (non-hydrogen) atoms. The van der Waals surface area contributed by atoms with Crippen molar-refractivity contribution >= 4 is 5.91 Å². The molecule has 1 aliphatic rings. The molecule has 0 bridgehead atoms. The number of amides is 1. The van der Waals surface area contributed by atoms with Crippen LogP contribution in [0.2, 0.25) is 0 Å². The summed E-state index contributed by atoms with van der Waals surface area (Å²) in [5.74, 6) is -1.35. The van der Waals surface area contributed by atoms with Crippen LogP contribution in [0.5, 0.6) is 0 Å². The van der Waals surface area contributed by atoms with E-state index in [-0.39, 0.29) is 18.0 Å². The molecule has 1 saturated carbocycles. The standard InChI is InChI=1S/C17H19F2N3O/c1-11-12(9-22(2)21-11)16(23)20-10-17(7-4-8-17)15-13(18)5-3-6-14(15)19/h3,5-6,9H,4,7-8,10H2,1-2H3,(H,20,23). The van der Waals surface area contributed by atoms with Gasteiger partial charge in [0.25, 0.3) is 5.91 Å². The van der Waals surface area contributed by atoms with Crippen molar-refractivity contribution in [2.75, 3.05) is 6.54 Å². The molecule has 0 atom stereocenters. The number of rotatable bonds is 4. The molecule has 1 aromatic carbocycles. The van der Waals surface area contributed by atoms with Crippen molar-refractivity contribution in [3.8, 4) is 0 Å². The highest BCUT2D eigenvalue weighted by atomic mass is 19.1. The third kappa shape index (κ3) is 2.73. The monoisotopic (exact) mass is 319 g/mol. The van der Waals surface area contributed by atoms with Crippen LogP contribution in [0, 0.1) is 18.6 Å². The van der Waals surface area contributed by atoms with E-state index in [0.29, 0.717) is 24.1 Å². The van der Waals surface area contributed by atoms with Crippen LogP contribution in [0.15, 0.2) is 24.4 Å². The summed E-state index contributed by atoms with van der Waals surface area (Å²) in [7, 11) is 1.74.